The molecule has 2 aromatic heterocycles. The summed E-state index contributed by atoms with van der Waals surface area (Å²) in [6.07, 6.45) is 1.59. The van der Waals surface area contributed by atoms with E-state index < -0.39 is 0 Å². The van der Waals surface area contributed by atoms with Crippen LogP contribution in [0.15, 0.2) is 40.8 Å². The molecule has 0 atom stereocenters. The maximum absolute atomic E-state index is 11.4. The number of anilines is 2. The van der Waals surface area contributed by atoms with E-state index in [1.165, 1.54) is 31.4 Å². The van der Waals surface area contributed by atoms with E-state index in [2.05, 4.69) is 20.8 Å². The van der Waals surface area contributed by atoms with Crippen LogP contribution in [0.1, 0.15) is 12.5 Å². The number of carbonyl (C=O) groups excluding carboxylic acids is 1. The Balaban J connectivity index is 1.78. The van der Waals surface area contributed by atoms with E-state index in [1.807, 2.05) is 17.5 Å². The molecule has 3 N–H and O–H groups in total. The van der Waals surface area contributed by atoms with Crippen LogP contribution in [0.5, 0.6) is 11.5 Å². The Labute approximate surface area is 158 Å². The van der Waals surface area contributed by atoms with E-state index in [-0.39, 0.29) is 11.7 Å². The van der Waals surface area contributed by atoms with Gasteiger partial charge >= 0.3 is 0 Å². The molecule has 26 heavy (non-hydrogen) atoms. The minimum atomic E-state index is -0.155. The average Bonchev–Trinajstić information content (AvgIpc) is 3.25. The maximum Gasteiger partial charge on any atom is 0.221 e. The van der Waals surface area contributed by atoms with Crippen molar-refractivity contribution in [2.75, 3.05) is 17.9 Å². The van der Waals surface area contributed by atoms with Crippen molar-refractivity contribution in [2.45, 2.75) is 6.92 Å². The molecule has 0 aliphatic heterocycles. The molecule has 0 unspecified atom stereocenters. The van der Waals surface area contributed by atoms with Crippen LogP contribution in [0.4, 0.5) is 10.1 Å². The van der Waals surface area contributed by atoms with Gasteiger partial charge < -0.3 is 15.2 Å². The number of methoxy groups -OCH3 is 1. The number of thiazole rings is 1. The zero-order valence-electron chi connectivity index (χ0n) is 14.0. The molecule has 0 spiro atoms. The molecule has 0 aliphatic carbocycles. The van der Waals surface area contributed by atoms with Gasteiger partial charge in [-0.1, -0.05) is 17.4 Å². The van der Waals surface area contributed by atoms with E-state index in [0.717, 1.165) is 10.4 Å². The third-order valence-electron chi connectivity index (χ3n) is 3.25. The lowest BCUT2D eigenvalue weighted by Crippen LogP contribution is -2.04. The molecular formula is C17H16N4O3S2. The number of thiophene rings is 1. The van der Waals surface area contributed by atoms with Crippen LogP contribution in [0.3, 0.4) is 0 Å². The molecule has 3 rings (SSSR count). The summed E-state index contributed by atoms with van der Waals surface area (Å²) in [5.41, 5.74) is 4.33. The summed E-state index contributed by atoms with van der Waals surface area (Å²) in [7, 11) is 1.49. The standard InChI is InChI=1S/C17H16N4O3S2/c1-10(22)19-16-15(14-4-3-7-25-14)20-17(26-16)21-18-9-11-5-6-12(23)13(8-11)24-2/h3-9,23H,1-2H3,(H,19,22)(H,20,21)/b18-9+. The Bertz CT molecular complexity index is 936. The fourth-order valence-corrected chi connectivity index (χ4v) is 3.79. The van der Waals surface area contributed by atoms with E-state index >= 15 is 0 Å². The zero-order valence-corrected chi connectivity index (χ0v) is 15.6. The number of phenolic OH excluding ortho intramolecular Hbond substituents is 1. The Kier molecular flexibility index (Phi) is 5.49. The summed E-state index contributed by atoms with van der Waals surface area (Å²) in [5.74, 6) is 0.284. The molecule has 0 saturated heterocycles. The van der Waals surface area contributed by atoms with Gasteiger partial charge in [-0.3, -0.25) is 10.2 Å². The van der Waals surface area contributed by atoms with Crippen molar-refractivity contribution in [1.82, 2.24) is 4.98 Å². The third kappa shape index (κ3) is 4.19. The van der Waals surface area contributed by atoms with Crippen molar-refractivity contribution in [3.05, 3.63) is 41.3 Å². The largest absolute Gasteiger partial charge is 0.504 e. The van der Waals surface area contributed by atoms with Gasteiger partial charge in [0.15, 0.2) is 11.5 Å². The highest BCUT2D eigenvalue weighted by atomic mass is 32.1. The van der Waals surface area contributed by atoms with Gasteiger partial charge in [0.05, 0.1) is 18.2 Å². The number of ether oxygens (including phenoxy) is 1. The predicted octanol–water partition coefficient (Wildman–Crippen LogP) is 3.99. The Hall–Kier alpha value is -2.91. The molecular weight excluding hydrogens is 372 g/mol. The lowest BCUT2D eigenvalue weighted by Gasteiger charge is -2.03. The molecule has 2 heterocycles. The minimum Gasteiger partial charge on any atom is -0.504 e. The molecule has 3 aromatic rings. The average molecular weight is 388 g/mol. The number of aromatic nitrogens is 1. The number of nitrogens with one attached hydrogen (secondary N) is 2. The molecule has 7 nitrogen and oxygen atoms in total. The van der Waals surface area contributed by atoms with Crippen molar-refractivity contribution < 1.29 is 14.6 Å². The minimum absolute atomic E-state index is 0.0677. The highest BCUT2D eigenvalue weighted by Crippen LogP contribution is 2.37. The van der Waals surface area contributed by atoms with E-state index in [4.69, 9.17) is 4.74 Å². The SMILES string of the molecule is COc1cc(/C=N/Nc2nc(-c3cccs3)c(NC(C)=O)s2)ccc1O. The normalized spacial score (nSPS) is 10.8. The van der Waals surface area contributed by atoms with Gasteiger partial charge in [0, 0.05) is 6.92 Å². The van der Waals surface area contributed by atoms with Crippen LogP contribution in [0, 0.1) is 0 Å². The molecule has 1 amide bonds. The first-order valence-electron chi connectivity index (χ1n) is 7.55. The van der Waals surface area contributed by atoms with Gasteiger partial charge in [0.2, 0.25) is 11.0 Å². The van der Waals surface area contributed by atoms with Crippen LogP contribution < -0.4 is 15.5 Å². The van der Waals surface area contributed by atoms with Crippen LogP contribution in [-0.4, -0.2) is 29.3 Å². The number of benzene rings is 1. The zero-order chi connectivity index (χ0) is 18.5. The molecule has 0 aliphatic rings. The number of rotatable bonds is 6. The number of hydrogen-bond donors (Lipinski definition) is 3. The molecule has 134 valence electrons. The summed E-state index contributed by atoms with van der Waals surface area (Å²) < 4.78 is 5.07. The maximum atomic E-state index is 11.4. The van der Waals surface area contributed by atoms with Gasteiger partial charge in [-0.15, -0.1) is 11.3 Å². The van der Waals surface area contributed by atoms with Crippen LogP contribution >= 0.6 is 22.7 Å². The monoisotopic (exact) mass is 388 g/mol. The highest BCUT2D eigenvalue weighted by molar-refractivity contribution is 7.21. The highest BCUT2D eigenvalue weighted by Gasteiger charge is 2.14. The topological polar surface area (TPSA) is 95.8 Å². The molecule has 1 aromatic carbocycles. The first kappa shape index (κ1) is 17.9. The van der Waals surface area contributed by atoms with E-state index in [0.29, 0.717) is 21.6 Å². The van der Waals surface area contributed by atoms with Crippen LogP contribution in [-0.2, 0) is 4.79 Å². The number of nitrogens with zero attached hydrogens (tertiary/aromatic N) is 2. The summed E-state index contributed by atoms with van der Waals surface area (Å²) in [4.78, 5) is 16.9. The van der Waals surface area contributed by atoms with Crippen molar-refractivity contribution in [1.29, 1.82) is 0 Å². The van der Waals surface area contributed by atoms with Crippen molar-refractivity contribution in [3.63, 3.8) is 0 Å². The fraction of sp³-hybridized carbons (Fsp3) is 0.118. The Morgan fingerprint density at radius 2 is 2.23 bits per heavy atom. The van der Waals surface area contributed by atoms with Gasteiger partial charge in [0.25, 0.3) is 0 Å². The van der Waals surface area contributed by atoms with Crippen LogP contribution in [0.25, 0.3) is 10.6 Å². The number of phenols is 1. The van der Waals surface area contributed by atoms with Gasteiger partial charge in [-0.25, -0.2) is 4.98 Å². The number of hydrogen-bond acceptors (Lipinski definition) is 8. The molecule has 0 radical (unpaired) electrons. The number of carbonyl (C=O) groups is 1. The van der Waals surface area contributed by atoms with Crippen molar-refractivity contribution >= 4 is 44.9 Å². The summed E-state index contributed by atoms with van der Waals surface area (Å²) >= 11 is 2.85. The summed E-state index contributed by atoms with van der Waals surface area (Å²) in [5, 5.41) is 19.7. The molecule has 0 fully saturated rings. The molecule has 9 heteroatoms. The van der Waals surface area contributed by atoms with Crippen molar-refractivity contribution in [3.8, 4) is 22.1 Å². The van der Waals surface area contributed by atoms with Gasteiger partial charge in [0.1, 0.15) is 10.7 Å². The predicted molar refractivity (Wildman–Crippen MR) is 106 cm³/mol. The molecule has 0 saturated carbocycles. The number of amides is 1. The second kappa shape index (κ2) is 7.98. The van der Waals surface area contributed by atoms with E-state index in [1.54, 1.807) is 29.7 Å². The van der Waals surface area contributed by atoms with E-state index in [9.17, 15) is 9.90 Å². The summed E-state index contributed by atoms with van der Waals surface area (Å²) in [6, 6.07) is 8.79. The van der Waals surface area contributed by atoms with Gasteiger partial charge in [-0.05, 0) is 35.2 Å². The lowest BCUT2D eigenvalue weighted by atomic mass is 10.2. The second-order valence-electron chi connectivity index (χ2n) is 5.16. The second-order valence-corrected chi connectivity index (χ2v) is 7.10. The lowest BCUT2D eigenvalue weighted by molar-refractivity contribution is -0.114. The quantitative estimate of drug-likeness (QED) is 0.438. The Morgan fingerprint density at radius 1 is 1.38 bits per heavy atom. The first-order valence-corrected chi connectivity index (χ1v) is 9.25. The van der Waals surface area contributed by atoms with Gasteiger partial charge in [-0.2, -0.15) is 5.10 Å². The number of hydrazone groups is 1. The van der Waals surface area contributed by atoms with Crippen molar-refractivity contribution in [2.24, 2.45) is 5.10 Å². The first-order chi connectivity index (χ1) is 12.6. The molecule has 0 bridgehead atoms. The summed E-state index contributed by atoms with van der Waals surface area (Å²) in [6.45, 7) is 1.46. The Morgan fingerprint density at radius 3 is 2.92 bits per heavy atom. The fourth-order valence-electron chi connectivity index (χ4n) is 2.13. The third-order valence-corrected chi connectivity index (χ3v) is 5.00. The van der Waals surface area contributed by atoms with Crippen LogP contribution in [0.2, 0.25) is 0 Å². The number of aromatic hydroxyl groups is 1. The smallest absolute Gasteiger partial charge is 0.221 e.